The highest BCUT2D eigenvalue weighted by atomic mass is 16.5. The number of hydrogen-bond donors (Lipinski definition) is 0. The van der Waals surface area contributed by atoms with Gasteiger partial charge in [0, 0.05) is 6.61 Å². The maximum atomic E-state index is 5.91. The van der Waals surface area contributed by atoms with E-state index < -0.39 is 0 Å². The second-order valence-corrected chi connectivity index (χ2v) is 4.43. The summed E-state index contributed by atoms with van der Waals surface area (Å²) in [6.45, 7) is 0.954. The van der Waals surface area contributed by atoms with E-state index in [1.807, 2.05) is 0 Å². The van der Waals surface area contributed by atoms with Crippen molar-refractivity contribution >= 4 is 0 Å². The number of fused-ring (bicyclic) bond motifs is 3. The molecule has 0 bridgehead atoms. The SMILES string of the molecule is c1ccc2c(c1)CC[C@H]1CCCO[C@@H]21. The van der Waals surface area contributed by atoms with Gasteiger partial charge in [0.1, 0.15) is 0 Å². The minimum Gasteiger partial charge on any atom is -0.373 e. The maximum absolute atomic E-state index is 5.91. The fraction of sp³-hybridized carbons (Fsp3) is 0.538. The molecule has 1 nitrogen and oxygen atoms in total. The molecule has 1 heteroatoms. The van der Waals surface area contributed by atoms with E-state index >= 15 is 0 Å². The second-order valence-electron chi connectivity index (χ2n) is 4.43. The lowest BCUT2D eigenvalue weighted by molar-refractivity contribution is -0.0362. The highest BCUT2D eigenvalue weighted by molar-refractivity contribution is 5.32. The Hall–Kier alpha value is -0.820. The van der Waals surface area contributed by atoms with Crippen LogP contribution in [-0.4, -0.2) is 6.61 Å². The van der Waals surface area contributed by atoms with E-state index in [1.165, 1.54) is 36.8 Å². The lowest BCUT2D eigenvalue weighted by Gasteiger charge is -2.36. The van der Waals surface area contributed by atoms with Crippen molar-refractivity contribution in [3.05, 3.63) is 35.4 Å². The molecule has 2 atom stereocenters. The van der Waals surface area contributed by atoms with Crippen molar-refractivity contribution in [3.8, 4) is 0 Å². The van der Waals surface area contributed by atoms with Crippen molar-refractivity contribution in [1.82, 2.24) is 0 Å². The van der Waals surface area contributed by atoms with Gasteiger partial charge in [0.15, 0.2) is 0 Å². The maximum Gasteiger partial charge on any atom is 0.0855 e. The molecule has 74 valence electrons. The summed E-state index contributed by atoms with van der Waals surface area (Å²) in [5.41, 5.74) is 2.97. The zero-order valence-corrected chi connectivity index (χ0v) is 8.41. The highest BCUT2D eigenvalue weighted by Gasteiger charge is 2.31. The van der Waals surface area contributed by atoms with Crippen molar-refractivity contribution in [2.24, 2.45) is 5.92 Å². The Bertz CT molecular complexity index is 332. The van der Waals surface area contributed by atoms with Crippen LogP contribution in [0.15, 0.2) is 24.3 Å². The number of hydrogen-bond acceptors (Lipinski definition) is 1. The van der Waals surface area contributed by atoms with Crippen molar-refractivity contribution in [2.45, 2.75) is 31.8 Å². The Labute approximate surface area is 85.1 Å². The van der Waals surface area contributed by atoms with E-state index in [0.29, 0.717) is 6.10 Å². The topological polar surface area (TPSA) is 9.23 Å². The molecule has 14 heavy (non-hydrogen) atoms. The molecule has 3 rings (SSSR count). The van der Waals surface area contributed by atoms with Crippen LogP contribution in [0.5, 0.6) is 0 Å². The highest BCUT2D eigenvalue weighted by Crippen LogP contribution is 2.41. The van der Waals surface area contributed by atoms with Crippen LogP contribution in [0.2, 0.25) is 0 Å². The van der Waals surface area contributed by atoms with Gasteiger partial charge in [0.05, 0.1) is 6.10 Å². The van der Waals surface area contributed by atoms with Gasteiger partial charge in [-0.05, 0) is 42.7 Å². The molecule has 1 aliphatic carbocycles. The van der Waals surface area contributed by atoms with E-state index in [-0.39, 0.29) is 0 Å². The smallest absolute Gasteiger partial charge is 0.0855 e. The Balaban J connectivity index is 1.99. The first-order valence-corrected chi connectivity index (χ1v) is 5.64. The van der Waals surface area contributed by atoms with Crippen LogP contribution in [0.1, 0.15) is 36.5 Å². The van der Waals surface area contributed by atoms with Gasteiger partial charge >= 0.3 is 0 Å². The summed E-state index contributed by atoms with van der Waals surface area (Å²) in [4.78, 5) is 0. The van der Waals surface area contributed by atoms with Gasteiger partial charge in [-0.2, -0.15) is 0 Å². The number of ether oxygens (including phenoxy) is 1. The summed E-state index contributed by atoms with van der Waals surface area (Å²) in [6.07, 6.45) is 5.60. The summed E-state index contributed by atoms with van der Waals surface area (Å²) >= 11 is 0. The Morgan fingerprint density at radius 3 is 3.07 bits per heavy atom. The van der Waals surface area contributed by atoms with Gasteiger partial charge < -0.3 is 4.74 Å². The van der Waals surface area contributed by atoms with Crippen molar-refractivity contribution in [1.29, 1.82) is 0 Å². The van der Waals surface area contributed by atoms with Crippen molar-refractivity contribution in [3.63, 3.8) is 0 Å². The lowest BCUT2D eigenvalue weighted by Crippen LogP contribution is -2.27. The third-order valence-corrected chi connectivity index (χ3v) is 3.59. The molecule has 0 N–H and O–H groups in total. The lowest BCUT2D eigenvalue weighted by atomic mass is 9.78. The van der Waals surface area contributed by atoms with E-state index in [9.17, 15) is 0 Å². The van der Waals surface area contributed by atoms with Crippen LogP contribution in [0.25, 0.3) is 0 Å². The van der Waals surface area contributed by atoms with Gasteiger partial charge in [-0.3, -0.25) is 0 Å². The molecule has 0 spiro atoms. The molecule has 0 aromatic heterocycles. The predicted octanol–water partition coefficient (Wildman–Crippen LogP) is 3.10. The van der Waals surface area contributed by atoms with Gasteiger partial charge in [-0.25, -0.2) is 0 Å². The summed E-state index contributed by atoms with van der Waals surface area (Å²) in [5.74, 6) is 0.790. The quantitative estimate of drug-likeness (QED) is 0.608. The molecule has 1 heterocycles. The molecule has 1 fully saturated rings. The van der Waals surface area contributed by atoms with Crippen LogP contribution in [0.4, 0.5) is 0 Å². The van der Waals surface area contributed by atoms with E-state index in [2.05, 4.69) is 24.3 Å². The zero-order valence-electron chi connectivity index (χ0n) is 8.41. The second kappa shape index (κ2) is 3.39. The zero-order chi connectivity index (χ0) is 9.38. The summed E-state index contributed by atoms with van der Waals surface area (Å²) in [6, 6.07) is 8.78. The molecule has 0 radical (unpaired) electrons. The van der Waals surface area contributed by atoms with Gasteiger partial charge in [0.2, 0.25) is 0 Å². The molecular weight excluding hydrogens is 172 g/mol. The van der Waals surface area contributed by atoms with Crippen molar-refractivity contribution in [2.75, 3.05) is 6.61 Å². The van der Waals surface area contributed by atoms with Crippen LogP contribution >= 0.6 is 0 Å². The third-order valence-electron chi connectivity index (χ3n) is 3.59. The first-order valence-electron chi connectivity index (χ1n) is 5.64. The summed E-state index contributed by atoms with van der Waals surface area (Å²) in [5, 5.41) is 0. The standard InChI is InChI=1S/C13H16O/c1-2-6-12-10(4-1)7-8-11-5-3-9-14-13(11)12/h1-2,4,6,11,13H,3,5,7-9H2/t11-,13-/m1/s1. The normalized spacial score (nSPS) is 30.6. The molecule has 0 saturated carbocycles. The van der Waals surface area contributed by atoms with Crippen LogP contribution in [0.3, 0.4) is 0 Å². The Kier molecular flexibility index (Phi) is 2.06. The van der Waals surface area contributed by atoms with Gasteiger partial charge in [0.25, 0.3) is 0 Å². The first kappa shape index (κ1) is 8.49. The number of rotatable bonds is 0. The molecule has 0 amide bonds. The van der Waals surface area contributed by atoms with Gasteiger partial charge in [-0.1, -0.05) is 24.3 Å². The number of benzene rings is 1. The fourth-order valence-corrected chi connectivity index (χ4v) is 2.86. The predicted molar refractivity (Wildman–Crippen MR) is 56.2 cm³/mol. The molecule has 1 aromatic carbocycles. The van der Waals surface area contributed by atoms with Gasteiger partial charge in [-0.15, -0.1) is 0 Å². The Morgan fingerprint density at radius 1 is 1.14 bits per heavy atom. The number of aryl methyl sites for hydroxylation is 1. The minimum absolute atomic E-state index is 0.411. The van der Waals surface area contributed by atoms with E-state index in [0.717, 1.165) is 12.5 Å². The average molecular weight is 188 g/mol. The monoisotopic (exact) mass is 188 g/mol. The third kappa shape index (κ3) is 1.27. The van der Waals surface area contributed by atoms with Crippen LogP contribution in [0, 0.1) is 5.92 Å². The Morgan fingerprint density at radius 2 is 2.07 bits per heavy atom. The molecule has 2 aliphatic rings. The molecule has 1 aromatic rings. The van der Waals surface area contributed by atoms with Crippen LogP contribution in [-0.2, 0) is 11.2 Å². The first-order chi connectivity index (χ1) is 6.95. The molecule has 1 saturated heterocycles. The molecule has 0 unspecified atom stereocenters. The molecular formula is C13H16O. The van der Waals surface area contributed by atoms with Crippen molar-refractivity contribution < 1.29 is 4.74 Å². The van der Waals surface area contributed by atoms with Crippen LogP contribution < -0.4 is 0 Å². The minimum atomic E-state index is 0.411. The van der Waals surface area contributed by atoms with E-state index in [1.54, 1.807) is 0 Å². The van der Waals surface area contributed by atoms with E-state index in [4.69, 9.17) is 4.74 Å². The summed E-state index contributed by atoms with van der Waals surface area (Å²) in [7, 11) is 0. The average Bonchev–Trinajstić information content (AvgIpc) is 2.29. The molecule has 1 aliphatic heterocycles. The largest absolute Gasteiger partial charge is 0.373 e. The summed E-state index contributed by atoms with van der Waals surface area (Å²) < 4.78 is 5.91. The fourth-order valence-electron chi connectivity index (χ4n) is 2.86.